The van der Waals surface area contributed by atoms with Gasteiger partial charge in [-0.3, -0.25) is 4.79 Å². The Labute approximate surface area is 206 Å². The van der Waals surface area contributed by atoms with E-state index < -0.39 is 18.5 Å². The van der Waals surface area contributed by atoms with Crippen LogP contribution in [0.4, 0.5) is 5.69 Å². The van der Waals surface area contributed by atoms with Crippen molar-refractivity contribution in [1.29, 1.82) is 5.26 Å². The summed E-state index contributed by atoms with van der Waals surface area (Å²) >= 11 is 0. The third-order valence-electron chi connectivity index (χ3n) is 5.30. The van der Waals surface area contributed by atoms with Gasteiger partial charge in [0, 0.05) is 12.2 Å². The lowest BCUT2D eigenvalue weighted by Crippen LogP contribution is -2.35. The number of aryl methyl sites for hydroxylation is 2. The molecule has 3 aromatic rings. The summed E-state index contributed by atoms with van der Waals surface area (Å²) < 4.78 is 10.8. The molecule has 0 radical (unpaired) electrons. The quantitative estimate of drug-likeness (QED) is 0.241. The van der Waals surface area contributed by atoms with Gasteiger partial charge in [0.25, 0.3) is 5.91 Å². The van der Waals surface area contributed by atoms with Gasteiger partial charge in [-0.25, -0.2) is 4.79 Å². The molecule has 0 fully saturated rings. The monoisotopic (exact) mass is 468 g/mol. The zero-order valence-electron chi connectivity index (χ0n) is 20.2. The molecule has 0 aliphatic heterocycles. The number of nitriles is 1. The van der Waals surface area contributed by atoms with Crippen molar-refractivity contribution in [3.8, 4) is 11.8 Å². The van der Waals surface area contributed by atoms with Crippen LogP contribution in [0.3, 0.4) is 0 Å². The van der Waals surface area contributed by atoms with Crippen molar-refractivity contribution in [2.75, 3.05) is 25.2 Å². The Kier molecular flexibility index (Phi) is 8.80. The lowest BCUT2D eigenvalue weighted by atomic mass is 10.0. The maximum Gasteiger partial charge on any atom is 0.339 e. The molecule has 0 bridgehead atoms. The van der Waals surface area contributed by atoms with E-state index in [1.807, 2.05) is 86.6 Å². The number of methoxy groups -OCH3 is 1. The number of ether oxygens (including phenoxy) is 2. The lowest BCUT2D eigenvalue weighted by molar-refractivity contribution is -0.142. The van der Waals surface area contributed by atoms with Gasteiger partial charge in [-0.2, -0.15) is 5.26 Å². The van der Waals surface area contributed by atoms with Crippen LogP contribution in [-0.2, 0) is 14.3 Å². The summed E-state index contributed by atoms with van der Waals surface area (Å²) in [4.78, 5) is 27.7. The van der Waals surface area contributed by atoms with Crippen LogP contribution in [0.25, 0.3) is 11.6 Å². The molecule has 178 valence electrons. The van der Waals surface area contributed by atoms with Crippen LogP contribution in [0.5, 0.6) is 5.75 Å². The van der Waals surface area contributed by atoms with Gasteiger partial charge in [0.2, 0.25) is 0 Å². The standard InChI is InChI=1S/C29H28N2O4/c1-21-15-22(2)17-25(16-21)31(14-8-13-30)28(32)20-35-29(33)27(24-10-5-4-6-11-24)19-23-9-7-12-26(18-23)34-3/h4-7,9-12,15-19H,8,14,20H2,1-3H3/b27-19+. The normalized spacial score (nSPS) is 10.9. The third-order valence-corrected chi connectivity index (χ3v) is 5.30. The second-order valence-corrected chi connectivity index (χ2v) is 8.08. The minimum atomic E-state index is -0.618. The summed E-state index contributed by atoms with van der Waals surface area (Å²) in [5, 5.41) is 9.06. The minimum Gasteiger partial charge on any atom is -0.497 e. The van der Waals surface area contributed by atoms with Crippen molar-refractivity contribution in [3.05, 3.63) is 95.1 Å². The molecule has 0 N–H and O–H groups in total. The van der Waals surface area contributed by atoms with Crippen LogP contribution in [0.2, 0.25) is 0 Å². The topological polar surface area (TPSA) is 79.6 Å². The molecule has 0 saturated heterocycles. The van der Waals surface area contributed by atoms with Gasteiger partial charge in [-0.05, 0) is 66.4 Å². The summed E-state index contributed by atoms with van der Waals surface area (Å²) in [6.45, 7) is 3.65. The first-order chi connectivity index (χ1) is 16.9. The first-order valence-electron chi connectivity index (χ1n) is 11.2. The van der Waals surface area contributed by atoms with E-state index in [0.717, 1.165) is 16.7 Å². The molecule has 0 saturated carbocycles. The molecule has 0 aliphatic carbocycles. The number of carbonyl (C=O) groups is 2. The molecule has 0 heterocycles. The van der Waals surface area contributed by atoms with Crippen molar-refractivity contribution < 1.29 is 19.1 Å². The maximum absolute atomic E-state index is 13.1. The highest BCUT2D eigenvalue weighted by molar-refractivity contribution is 6.22. The highest BCUT2D eigenvalue weighted by Crippen LogP contribution is 2.23. The molecule has 6 nitrogen and oxygen atoms in total. The molecule has 6 heteroatoms. The van der Waals surface area contributed by atoms with Crippen LogP contribution in [0, 0.1) is 25.2 Å². The van der Waals surface area contributed by atoms with E-state index in [4.69, 9.17) is 14.7 Å². The van der Waals surface area contributed by atoms with Gasteiger partial charge in [-0.1, -0.05) is 48.5 Å². The Balaban J connectivity index is 1.84. The van der Waals surface area contributed by atoms with Crippen molar-refractivity contribution in [3.63, 3.8) is 0 Å². The van der Waals surface area contributed by atoms with Crippen molar-refractivity contribution in [2.24, 2.45) is 0 Å². The number of benzene rings is 3. The SMILES string of the molecule is COc1cccc(/C=C(/C(=O)OCC(=O)N(CCC#N)c2cc(C)cc(C)c2)c2ccccc2)c1. The maximum atomic E-state index is 13.1. The number of anilines is 1. The Morgan fingerprint density at radius 3 is 2.34 bits per heavy atom. The molecule has 3 aromatic carbocycles. The van der Waals surface area contributed by atoms with E-state index >= 15 is 0 Å². The van der Waals surface area contributed by atoms with Crippen molar-refractivity contribution in [1.82, 2.24) is 0 Å². The first-order valence-corrected chi connectivity index (χ1v) is 11.2. The van der Waals surface area contributed by atoms with Crippen LogP contribution in [-0.4, -0.2) is 32.1 Å². The van der Waals surface area contributed by atoms with Crippen LogP contribution >= 0.6 is 0 Å². The first kappa shape index (κ1) is 25.3. The zero-order chi connectivity index (χ0) is 25.2. The van der Waals surface area contributed by atoms with Crippen molar-refractivity contribution in [2.45, 2.75) is 20.3 Å². The summed E-state index contributed by atoms with van der Waals surface area (Å²) in [6.07, 6.45) is 1.87. The Morgan fingerprint density at radius 2 is 1.69 bits per heavy atom. The molecule has 1 amide bonds. The summed E-state index contributed by atoms with van der Waals surface area (Å²) in [6, 6.07) is 24.3. The molecule has 0 spiro atoms. The molecule has 0 atom stereocenters. The Morgan fingerprint density at radius 1 is 0.971 bits per heavy atom. The number of carbonyl (C=O) groups excluding carboxylic acids is 2. The molecule has 35 heavy (non-hydrogen) atoms. The van der Waals surface area contributed by atoms with Crippen LogP contribution in [0.15, 0.2) is 72.8 Å². The minimum absolute atomic E-state index is 0.164. The predicted octanol–water partition coefficient (Wildman–Crippen LogP) is 5.34. The van der Waals surface area contributed by atoms with Gasteiger partial charge < -0.3 is 14.4 Å². The summed E-state index contributed by atoms with van der Waals surface area (Å²) in [7, 11) is 1.58. The highest BCUT2D eigenvalue weighted by atomic mass is 16.5. The van der Waals surface area contributed by atoms with E-state index in [-0.39, 0.29) is 13.0 Å². The fourth-order valence-electron chi connectivity index (χ4n) is 3.72. The molecular formula is C29H28N2O4. The molecular weight excluding hydrogens is 440 g/mol. The average molecular weight is 469 g/mol. The fourth-order valence-corrected chi connectivity index (χ4v) is 3.72. The molecule has 0 unspecified atom stereocenters. The van der Waals surface area contributed by atoms with E-state index in [1.54, 1.807) is 13.2 Å². The van der Waals surface area contributed by atoms with E-state index in [9.17, 15) is 9.59 Å². The fraction of sp³-hybridized carbons (Fsp3) is 0.207. The number of hydrogen-bond donors (Lipinski definition) is 0. The van der Waals surface area contributed by atoms with Gasteiger partial charge >= 0.3 is 5.97 Å². The molecule has 0 aromatic heterocycles. The smallest absolute Gasteiger partial charge is 0.339 e. The number of hydrogen-bond acceptors (Lipinski definition) is 5. The second-order valence-electron chi connectivity index (χ2n) is 8.08. The second kappa shape index (κ2) is 12.2. The predicted molar refractivity (Wildman–Crippen MR) is 137 cm³/mol. The third kappa shape index (κ3) is 7.05. The Hall–Kier alpha value is -4.37. The van der Waals surface area contributed by atoms with Crippen LogP contribution in [0.1, 0.15) is 28.7 Å². The Bertz CT molecular complexity index is 1240. The van der Waals surface area contributed by atoms with Crippen molar-refractivity contribution >= 4 is 29.2 Å². The highest BCUT2D eigenvalue weighted by Gasteiger charge is 2.20. The molecule has 3 rings (SSSR count). The van der Waals surface area contributed by atoms with Gasteiger partial charge in [0.1, 0.15) is 5.75 Å². The van der Waals surface area contributed by atoms with E-state index in [0.29, 0.717) is 22.6 Å². The summed E-state index contributed by atoms with van der Waals surface area (Å²) in [5.74, 6) is -0.350. The van der Waals surface area contributed by atoms with Crippen LogP contribution < -0.4 is 9.64 Å². The zero-order valence-corrected chi connectivity index (χ0v) is 20.2. The summed E-state index contributed by atoms with van der Waals surface area (Å²) in [5.41, 5.74) is 4.43. The average Bonchev–Trinajstić information content (AvgIpc) is 2.86. The number of rotatable bonds is 9. The number of nitrogens with zero attached hydrogens (tertiary/aromatic N) is 2. The number of esters is 1. The van der Waals surface area contributed by atoms with Gasteiger partial charge in [0.05, 0.1) is 25.2 Å². The van der Waals surface area contributed by atoms with Gasteiger partial charge in [-0.15, -0.1) is 0 Å². The number of amides is 1. The largest absolute Gasteiger partial charge is 0.497 e. The van der Waals surface area contributed by atoms with Gasteiger partial charge in [0.15, 0.2) is 6.61 Å². The van der Waals surface area contributed by atoms with E-state index in [1.165, 1.54) is 4.90 Å². The molecule has 0 aliphatic rings. The lowest BCUT2D eigenvalue weighted by Gasteiger charge is -2.23. The van der Waals surface area contributed by atoms with E-state index in [2.05, 4.69) is 6.07 Å².